The lowest BCUT2D eigenvalue weighted by molar-refractivity contribution is 0.300. The molecule has 21 heavy (non-hydrogen) atoms. The van der Waals surface area contributed by atoms with Crippen LogP contribution in [0.3, 0.4) is 0 Å². The van der Waals surface area contributed by atoms with Crippen LogP contribution in [0.15, 0.2) is 30.5 Å². The molecule has 0 bridgehead atoms. The Kier molecular flexibility index (Phi) is 5.37. The van der Waals surface area contributed by atoms with Crippen LogP contribution in [0, 0.1) is 6.92 Å². The standard InChI is InChI=1S/C16H21N3O2/c1-4-10-20-13-8-6-7-9-14(13)21-15-12(3)11-18-16(19-15)17-5-2/h6-9,11H,4-5,10H2,1-3H3,(H,17,18,19). The average Bonchev–Trinajstić information content (AvgIpc) is 2.50. The Morgan fingerprint density at radius 2 is 1.90 bits per heavy atom. The van der Waals surface area contributed by atoms with Gasteiger partial charge in [-0.05, 0) is 32.4 Å². The molecule has 0 amide bonds. The fraction of sp³-hybridized carbons (Fsp3) is 0.375. The van der Waals surface area contributed by atoms with Crippen molar-refractivity contribution in [2.24, 2.45) is 0 Å². The van der Waals surface area contributed by atoms with Crippen molar-refractivity contribution in [1.29, 1.82) is 0 Å². The van der Waals surface area contributed by atoms with Crippen LogP contribution >= 0.6 is 0 Å². The molecule has 0 saturated heterocycles. The van der Waals surface area contributed by atoms with Gasteiger partial charge in [0.2, 0.25) is 11.8 Å². The highest BCUT2D eigenvalue weighted by molar-refractivity contribution is 5.43. The Labute approximate surface area is 125 Å². The quantitative estimate of drug-likeness (QED) is 0.839. The zero-order valence-electron chi connectivity index (χ0n) is 12.7. The van der Waals surface area contributed by atoms with Crippen molar-refractivity contribution in [2.75, 3.05) is 18.5 Å². The molecular formula is C16H21N3O2. The molecule has 0 fully saturated rings. The van der Waals surface area contributed by atoms with Gasteiger partial charge in [-0.2, -0.15) is 4.98 Å². The second-order valence-corrected chi connectivity index (χ2v) is 4.61. The van der Waals surface area contributed by atoms with E-state index in [2.05, 4.69) is 22.2 Å². The molecule has 112 valence electrons. The van der Waals surface area contributed by atoms with Crippen LogP contribution in [0.25, 0.3) is 0 Å². The minimum Gasteiger partial charge on any atom is -0.490 e. The molecule has 2 aromatic rings. The third-order valence-corrected chi connectivity index (χ3v) is 2.78. The molecule has 1 aromatic carbocycles. The van der Waals surface area contributed by atoms with Gasteiger partial charge >= 0.3 is 0 Å². The van der Waals surface area contributed by atoms with Crippen LogP contribution in [0.4, 0.5) is 5.95 Å². The highest BCUT2D eigenvalue weighted by Crippen LogP contribution is 2.32. The maximum atomic E-state index is 5.91. The van der Waals surface area contributed by atoms with Crippen molar-refractivity contribution in [3.63, 3.8) is 0 Å². The number of para-hydroxylation sites is 2. The molecule has 1 heterocycles. The van der Waals surface area contributed by atoms with E-state index in [1.165, 1.54) is 0 Å². The van der Waals surface area contributed by atoms with Crippen LogP contribution in [0.1, 0.15) is 25.8 Å². The molecule has 5 nitrogen and oxygen atoms in total. The second kappa shape index (κ2) is 7.47. The van der Waals surface area contributed by atoms with E-state index in [4.69, 9.17) is 9.47 Å². The second-order valence-electron chi connectivity index (χ2n) is 4.61. The van der Waals surface area contributed by atoms with Gasteiger partial charge in [0.25, 0.3) is 0 Å². The van der Waals surface area contributed by atoms with E-state index >= 15 is 0 Å². The van der Waals surface area contributed by atoms with E-state index in [9.17, 15) is 0 Å². The van der Waals surface area contributed by atoms with Gasteiger partial charge in [0, 0.05) is 18.3 Å². The van der Waals surface area contributed by atoms with Gasteiger partial charge in [-0.25, -0.2) is 4.98 Å². The summed E-state index contributed by atoms with van der Waals surface area (Å²) in [6.07, 6.45) is 2.70. The van der Waals surface area contributed by atoms with Crippen molar-refractivity contribution < 1.29 is 9.47 Å². The van der Waals surface area contributed by atoms with Crippen LogP contribution in [0.2, 0.25) is 0 Å². The molecule has 0 aliphatic rings. The van der Waals surface area contributed by atoms with Crippen molar-refractivity contribution in [3.05, 3.63) is 36.0 Å². The summed E-state index contributed by atoms with van der Waals surface area (Å²) in [7, 11) is 0. The van der Waals surface area contributed by atoms with Crippen molar-refractivity contribution in [2.45, 2.75) is 27.2 Å². The van der Waals surface area contributed by atoms with Crippen molar-refractivity contribution in [1.82, 2.24) is 9.97 Å². The summed E-state index contributed by atoms with van der Waals surface area (Å²) in [6, 6.07) is 7.61. The van der Waals surface area contributed by atoms with E-state index in [0.717, 1.165) is 24.3 Å². The fourth-order valence-corrected chi connectivity index (χ4v) is 1.74. The van der Waals surface area contributed by atoms with E-state index in [-0.39, 0.29) is 0 Å². The first-order chi connectivity index (χ1) is 10.2. The third kappa shape index (κ3) is 4.08. The number of nitrogens with one attached hydrogen (secondary N) is 1. The van der Waals surface area contributed by atoms with Gasteiger partial charge in [-0.3, -0.25) is 0 Å². The predicted molar refractivity (Wildman–Crippen MR) is 83.2 cm³/mol. The Balaban J connectivity index is 2.23. The summed E-state index contributed by atoms with van der Waals surface area (Å²) in [5.74, 6) is 2.48. The Morgan fingerprint density at radius 3 is 2.62 bits per heavy atom. The first kappa shape index (κ1) is 15.1. The maximum Gasteiger partial charge on any atom is 0.227 e. The van der Waals surface area contributed by atoms with Gasteiger partial charge in [-0.15, -0.1) is 0 Å². The monoisotopic (exact) mass is 287 g/mol. The normalized spacial score (nSPS) is 10.2. The average molecular weight is 287 g/mol. The highest BCUT2D eigenvalue weighted by Gasteiger charge is 2.10. The maximum absolute atomic E-state index is 5.91. The van der Waals surface area contributed by atoms with Crippen LogP contribution < -0.4 is 14.8 Å². The molecule has 0 radical (unpaired) electrons. The van der Waals surface area contributed by atoms with E-state index < -0.39 is 0 Å². The smallest absolute Gasteiger partial charge is 0.227 e. The lowest BCUT2D eigenvalue weighted by atomic mass is 10.3. The lowest BCUT2D eigenvalue weighted by Gasteiger charge is -2.13. The van der Waals surface area contributed by atoms with Gasteiger partial charge in [0.15, 0.2) is 11.5 Å². The van der Waals surface area contributed by atoms with Gasteiger partial charge in [0.1, 0.15) is 0 Å². The number of anilines is 1. The molecule has 1 aromatic heterocycles. The van der Waals surface area contributed by atoms with Gasteiger partial charge in [0.05, 0.1) is 6.61 Å². The summed E-state index contributed by atoms with van der Waals surface area (Å²) in [5.41, 5.74) is 0.877. The third-order valence-electron chi connectivity index (χ3n) is 2.78. The van der Waals surface area contributed by atoms with Gasteiger partial charge < -0.3 is 14.8 Å². The summed E-state index contributed by atoms with van der Waals surface area (Å²) in [6.45, 7) is 7.41. The minimum absolute atomic E-state index is 0.536. The molecule has 0 aliphatic heterocycles. The predicted octanol–water partition coefficient (Wildman–Crippen LogP) is 3.80. The highest BCUT2D eigenvalue weighted by atomic mass is 16.5. The molecule has 0 unspecified atom stereocenters. The molecule has 0 atom stereocenters. The largest absolute Gasteiger partial charge is 0.490 e. The van der Waals surface area contributed by atoms with Crippen LogP contribution in [-0.4, -0.2) is 23.1 Å². The number of nitrogens with zero attached hydrogens (tertiary/aromatic N) is 2. The van der Waals surface area contributed by atoms with Crippen molar-refractivity contribution in [3.8, 4) is 17.4 Å². The van der Waals surface area contributed by atoms with Gasteiger partial charge in [-0.1, -0.05) is 19.1 Å². The van der Waals surface area contributed by atoms with E-state index in [0.29, 0.717) is 24.2 Å². The topological polar surface area (TPSA) is 56.3 Å². The van der Waals surface area contributed by atoms with Crippen LogP contribution in [0.5, 0.6) is 17.4 Å². The SMILES string of the molecule is CCCOc1ccccc1Oc1nc(NCC)ncc1C. The fourth-order valence-electron chi connectivity index (χ4n) is 1.74. The first-order valence-corrected chi connectivity index (χ1v) is 7.21. The van der Waals surface area contributed by atoms with Crippen LogP contribution in [-0.2, 0) is 0 Å². The Bertz CT molecular complexity index is 587. The summed E-state index contributed by atoms with van der Waals surface area (Å²) < 4.78 is 11.6. The molecule has 0 aliphatic carbocycles. The number of hydrogen-bond acceptors (Lipinski definition) is 5. The van der Waals surface area contributed by atoms with Crippen molar-refractivity contribution >= 4 is 5.95 Å². The Morgan fingerprint density at radius 1 is 1.14 bits per heavy atom. The summed E-state index contributed by atoms with van der Waals surface area (Å²) in [5, 5.41) is 3.08. The number of ether oxygens (including phenoxy) is 2. The number of rotatable bonds is 7. The summed E-state index contributed by atoms with van der Waals surface area (Å²) in [4.78, 5) is 8.59. The zero-order chi connectivity index (χ0) is 15.1. The Hall–Kier alpha value is -2.30. The lowest BCUT2D eigenvalue weighted by Crippen LogP contribution is -2.04. The first-order valence-electron chi connectivity index (χ1n) is 7.21. The molecule has 0 saturated carbocycles. The molecule has 1 N–H and O–H groups in total. The van der Waals surface area contributed by atoms with E-state index in [1.807, 2.05) is 38.1 Å². The molecule has 5 heteroatoms. The molecule has 0 spiro atoms. The number of hydrogen-bond donors (Lipinski definition) is 1. The van der Waals surface area contributed by atoms with E-state index in [1.54, 1.807) is 6.20 Å². The number of benzene rings is 1. The minimum atomic E-state index is 0.536. The number of aryl methyl sites for hydroxylation is 1. The molecular weight excluding hydrogens is 266 g/mol. The molecule has 2 rings (SSSR count). The number of aromatic nitrogens is 2. The zero-order valence-corrected chi connectivity index (χ0v) is 12.7. The summed E-state index contributed by atoms with van der Waals surface area (Å²) >= 11 is 0.